The van der Waals surface area contributed by atoms with Gasteiger partial charge in [-0.2, -0.15) is 6.41 Å². The van der Waals surface area contributed by atoms with Crippen LogP contribution in [-0.2, 0) is 14.4 Å². The molecule has 1 unspecified atom stereocenters. The fraction of sp³-hybridized carbons (Fsp3) is 0.769. The van der Waals surface area contributed by atoms with Crippen LogP contribution in [0.25, 0.3) is 0 Å². The molecule has 0 radical (unpaired) electrons. The van der Waals surface area contributed by atoms with Crippen molar-refractivity contribution >= 4 is 18.2 Å². The van der Waals surface area contributed by atoms with E-state index in [1.165, 1.54) is 25.4 Å². The molecule has 0 rings (SSSR count). The Labute approximate surface area is 115 Å². The van der Waals surface area contributed by atoms with Crippen molar-refractivity contribution < 1.29 is 14.4 Å². The van der Waals surface area contributed by atoms with Crippen molar-refractivity contribution in [2.45, 2.75) is 40.2 Å². The average Bonchev–Trinajstić information content (AvgIpc) is 2.36. The molecule has 1 atom stereocenters. The number of hydrogen-bond acceptors (Lipinski definition) is 3. The summed E-state index contributed by atoms with van der Waals surface area (Å²) in [5.41, 5.74) is 0. The van der Waals surface area contributed by atoms with E-state index in [4.69, 9.17) is 0 Å². The number of nitrogens with one attached hydrogen (secondary N) is 2. The van der Waals surface area contributed by atoms with Gasteiger partial charge in [0.25, 0.3) is 0 Å². The summed E-state index contributed by atoms with van der Waals surface area (Å²) in [4.78, 5) is 34.3. The van der Waals surface area contributed by atoms with Crippen LogP contribution < -0.4 is 10.6 Å². The van der Waals surface area contributed by atoms with E-state index >= 15 is 0 Å². The van der Waals surface area contributed by atoms with Crippen molar-refractivity contribution in [3.63, 3.8) is 0 Å². The van der Waals surface area contributed by atoms with E-state index in [0.717, 1.165) is 0 Å². The monoisotopic (exact) mass is 529 g/mol. The van der Waals surface area contributed by atoms with Crippen LogP contribution in [0.15, 0.2) is 0 Å². The summed E-state index contributed by atoms with van der Waals surface area (Å²) in [6.07, 6.45) is 2.90. The molecule has 0 spiro atoms. The molecule has 0 aliphatic rings. The van der Waals surface area contributed by atoms with Crippen LogP contribution in [0.1, 0.15) is 34.1 Å². The molecule has 0 bridgehead atoms. The average molecular weight is 529 g/mol. The number of carbonyl (C=O) groups excluding carboxylic acids is 3. The molecule has 0 saturated heterocycles. The number of likely N-dealkylation sites (N-methyl/N-ethyl adjacent to an activating group) is 2. The van der Waals surface area contributed by atoms with Crippen LogP contribution in [0.2, 0.25) is 0 Å². The predicted molar refractivity (Wildman–Crippen MR) is 75.1 cm³/mol. The van der Waals surface area contributed by atoms with E-state index in [2.05, 4.69) is 24.5 Å². The molecule has 124 valence electrons. The molecule has 0 aliphatic heterocycles. The number of carbonyl (C=O) groups is 2. The molecule has 20 heavy (non-hydrogen) atoms. The Balaban J connectivity index is -0.000000657. The fourth-order valence-corrected chi connectivity index (χ4v) is 1.34. The zero-order valence-electron chi connectivity index (χ0n) is 13.0. The number of hydrogen-bond donors (Lipinski definition) is 2. The molecule has 0 saturated carbocycles. The summed E-state index contributed by atoms with van der Waals surface area (Å²) in [6, 6.07) is -0.609. The summed E-state index contributed by atoms with van der Waals surface area (Å²) in [5, 5.41) is 4.85. The summed E-state index contributed by atoms with van der Waals surface area (Å²) in [6.45, 7) is 7.79. The van der Waals surface area contributed by atoms with E-state index in [1.807, 2.05) is 13.8 Å². The number of amides is 3. The number of nitrogens with zero attached hydrogens (tertiary/aromatic N) is 1. The van der Waals surface area contributed by atoms with E-state index < -0.39 is 6.04 Å². The Morgan fingerprint density at radius 2 is 1.70 bits per heavy atom. The third-order valence-electron chi connectivity index (χ3n) is 2.16. The molecule has 3 amide bonds. The normalized spacial score (nSPS) is 10.3. The molecular formula is C13H26FmN3O3-. The zero-order valence-corrected chi connectivity index (χ0v) is 15.4. The van der Waals surface area contributed by atoms with E-state index in [0.29, 0.717) is 0 Å². The Hall–Kier alpha value is -2.59. The molecule has 0 aromatic heterocycles. The zero-order chi connectivity index (χ0) is 15.4. The van der Waals surface area contributed by atoms with Crippen molar-refractivity contribution in [1.29, 1.82) is 0 Å². The summed E-state index contributed by atoms with van der Waals surface area (Å²) in [5.74, 6) is -0.686. The molecule has 0 heterocycles. The second-order valence-electron chi connectivity index (χ2n) is 4.49. The molecule has 0 aliphatic carbocycles. The SMILES string of the molecule is CCC.CNC(=O)CNC(=O)C(C(C)C)N(C)[C-]=O.[Fm]. The van der Waals surface area contributed by atoms with Gasteiger partial charge in [0, 0.05) is 7.05 Å². The van der Waals surface area contributed by atoms with Crippen molar-refractivity contribution in [2.75, 3.05) is 20.6 Å². The maximum absolute atomic E-state index is 11.7. The minimum absolute atomic E-state index is 0. The van der Waals surface area contributed by atoms with Gasteiger partial charge in [-0.15, -0.1) is 0 Å². The van der Waals surface area contributed by atoms with Crippen LogP contribution in [0.5, 0.6) is 0 Å². The van der Waals surface area contributed by atoms with Crippen LogP contribution in [0.4, 0.5) is 0 Å². The molecule has 2 N–H and O–H groups in total. The first kappa shape index (κ1) is 22.6. The first-order valence-corrected chi connectivity index (χ1v) is 6.44. The third kappa shape index (κ3) is 9.44. The Morgan fingerprint density at radius 3 is 2.00 bits per heavy atom. The van der Waals surface area contributed by atoms with Gasteiger partial charge in [-0.3, -0.25) is 9.59 Å². The maximum atomic E-state index is 11.7. The van der Waals surface area contributed by atoms with Crippen LogP contribution in [0.3, 0.4) is 0 Å². The molecule has 0 fully saturated rings. The van der Waals surface area contributed by atoms with Gasteiger partial charge in [0.05, 0.1) is 12.6 Å². The summed E-state index contributed by atoms with van der Waals surface area (Å²) in [7, 11) is 2.97. The van der Waals surface area contributed by atoms with E-state index in [9.17, 15) is 14.4 Å². The van der Waals surface area contributed by atoms with Gasteiger partial charge in [-0.25, -0.2) is 0 Å². The fourth-order valence-electron chi connectivity index (χ4n) is 1.34. The van der Waals surface area contributed by atoms with Gasteiger partial charge < -0.3 is 20.3 Å². The first-order valence-electron chi connectivity index (χ1n) is 6.44. The predicted octanol–water partition coefficient (Wildman–Crippen LogP) is 0.289. The van der Waals surface area contributed by atoms with Crippen molar-refractivity contribution in [3.05, 3.63) is 0 Å². The third-order valence-corrected chi connectivity index (χ3v) is 2.16. The van der Waals surface area contributed by atoms with E-state index in [1.54, 1.807) is 6.41 Å². The Kier molecular flexibility index (Phi) is 14.5. The number of rotatable bonds is 6. The molecule has 0 aromatic carbocycles. The van der Waals surface area contributed by atoms with Gasteiger partial charge >= 0.3 is 0 Å². The van der Waals surface area contributed by atoms with Crippen molar-refractivity contribution in [1.82, 2.24) is 15.5 Å². The van der Waals surface area contributed by atoms with E-state index in [-0.39, 0.29) is 24.3 Å². The van der Waals surface area contributed by atoms with Crippen LogP contribution in [-0.4, -0.2) is 49.8 Å². The minimum Gasteiger partial charge on any atom is -0.520 e. The van der Waals surface area contributed by atoms with Crippen molar-refractivity contribution in [2.24, 2.45) is 5.92 Å². The molecule has 7 heteroatoms. The van der Waals surface area contributed by atoms with Gasteiger partial charge in [0.2, 0.25) is 11.8 Å². The Morgan fingerprint density at radius 1 is 1.25 bits per heavy atom. The van der Waals surface area contributed by atoms with Crippen LogP contribution >= 0.6 is 0 Å². The Bertz CT molecular complexity index is 286. The van der Waals surface area contributed by atoms with Gasteiger partial charge in [0.1, 0.15) is 0 Å². The summed E-state index contributed by atoms with van der Waals surface area (Å²) < 4.78 is 0. The van der Waals surface area contributed by atoms with Gasteiger partial charge in [-0.1, -0.05) is 34.1 Å². The second-order valence-corrected chi connectivity index (χ2v) is 4.49. The molecule has 0 aromatic rings. The summed E-state index contributed by atoms with van der Waals surface area (Å²) >= 11 is 0. The van der Waals surface area contributed by atoms with Crippen molar-refractivity contribution in [3.8, 4) is 0 Å². The quantitative estimate of drug-likeness (QED) is 0.384. The van der Waals surface area contributed by atoms with Gasteiger partial charge in [-0.05, 0) is 13.0 Å². The second kappa shape index (κ2) is 12.9. The van der Waals surface area contributed by atoms with Gasteiger partial charge in [0.15, 0.2) is 0 Å². The smallest absolute Gasteiger partial charge is 0.240 e. The molecule has 6 nitrogen and oxygen atoms in total. The minimum atomic E-state index is -0.609. The first-order chi connectivity index (χ1) is 8.85. The standard InChI is InChI=1S/C10H18N3O3.C3H8.Fm/c1-7(2)9(13(4)6-14)10(16)12-5-8(15)11-3;1-3-2;/h7,9H,5H2,1-4H3,(H,11,15)(H,12,16);3H2,1-2H3;/q-1;;. The van der Waals surface area contributed by atoms with Crippen LogP contribution in [0, 0.1) is 5.92 Å². The topological polar surface area (TPSA) is 78.5 Å². The largest absolute Gasteiger partial charge is 0.520 e. The maximum Gasteiger partial charge on any atom is 0.240 e. The molecular weight excluding hydrogens is 503 g/mol.